The third-order valence-electron chi connectivity index (χ3n) is 9.31. The summed E-state index contributed by atoms with van der Waals surface area (Å²) in [6, 6.07) is 18.8. The lowest BCUT2D eigenvalue weighted by Crippen LogP contribution is -2.36. The van der Waals surface area contributed by atoms with Gasteiger partial charge < -0.3 is 14.6 Å². The van der Waals surface area contributed by atoms with Crippen LogP contribution in [0.2, 0.25) is 5.02 Å². The van der Waals surface area contributed by atoms with E-state index in [0.717, 1.165) is 74.9 Å². The van der Waals surface area contributed by atoms with Gasteiger partial charge in [-0.1, -0.05) is 59.6 Å². The Bertz CT molecular complexity index is 1890. The van der Waals surface area contributed by atoms with Gasteiger partial charge in [0.1, 0.15) is 5.58 Å². The first-order valence-electron chi connectivity index (χ1n) is 16.3. The van der Waals surface area contributed by atoms with E-state index in [1.807, 2.05) is 23.1 Å². The molecule has 6 nitrogen and oxygen atoms in total. The van der Waals surface area contributed by atoms with Crippen LogP contribution in [0.5, 0.6) is 0 Å². The Morgan fingerprint density at radius 2 is 1.73 bits per heavy atom. The number of fused-ring (bicyclic) bond motifs is 1. The van der Waals surface area contributed by atoms with Crippen molar-refractivity contribution < 1.29 is 27.2 Å². The van der Waals surface area contributed by atoms with Crippen LogP contribution >= 0.6 is 11.6 Å². The molecule has 2 heterocycles. The molecule has 1 aromatic heterocycles. The predicted molar refractivity (Wildman–Crippen MR) is 179 cm³/mol. The third kappa shape index (κ3) is 8.01. The van der Waals surface area contributed by atoms with Crippen LogP contribution < -0.4 is 10.7 Å². The quantitative estimate of drug-likeness (QED) is 0.190. The fraction of sp³-hybridized carbons (Fsp3) is 0.342. The minimum absolute atomic E-state index is 0.100. The Kier molecular flexibility index (Phi) is 10.1. The highest BCUT2D eigenvalue weighted by atomic mass is 35.5. The van der Waals surface area contributed by atoms with Crippen molar-refractivity contribution in [3.63, 3.8) is 0 Å². The molecule has 1 atom stereocenters. The first-order valence-corrected chi connectivity index (χ1v) is 16.7. The first-order chi connectivity index (χ1) is 23.0. The van der Waals surface area contributed by atoms with E-state index < -0.39 is 29.1 Å². The Balaban J connectivity index is 1.19. The number of nitrogens with one attached hydrogen (secondary N) is 1. The summed E-state index contributed by atoms with van der Waals surface area (Å²) in [5.74, 6) is -0.344. The molecule has 10 heteroatoms. The smallest absolute Gasteiger partial charge is 0.416 e. The number of hydrogen-bond acceptors (Lipinski definition) is 4. The average Bonchev–Trinajstić information content (AvgIpc) is 3.07. The van der Waals surface area contributed by atoms with Crippen LogP contribution in [-0.2, 0) is 23.9 Å². The van der Waals surface area contributed by atoms with E-state index in [2.05, 4.69) is 29.6 Å². The molecule has 6 rings (SSSR count). The lowest BCUT2D eigenvalue weighted by atomic mass is 9.79. The van der Waals surface area contributed by atoms with Gasteiger partial charge in [-0.25, -0.2) is 0 Å². The summed E-state index contributed by atoms with van der Waals surface area (Å²) in [6.07, 6.45) is 4.04. The molecule has 1 saturated carbocycles. The highest BCUT2D eigenvalue weighted by Gasteiger charge is 2.31. The van der Waals surface area contributed by atoms with E-state index in [9.17, 15) is 27.6 Å². The molecular formula is C38H36ClF3N2O4. The molecule has 3 aromatic carbocycles. The van der Waals surface area contributed by atoms with Gasteiger partial charge >= 0.3 is 6.18 Å². The van der Waals surface area contributed by atoms with Crippen LogP contribution in [0.3, 0.4) is 0 Å². The molecule has 0 unspecified atom stereocenters. The maximum atomic E-state index is 13.4. The largest absolute Gasteiger partial charge is 0.451 e. The summed E-state index contributed by atoms with van der Waals surface area (Å²) in [4.78, 5) is 40.6. The summed E-state index contributed by atoms with van der Waals surface area (Å²) >= 11 is 6.10. The normalized spacial score (nSPS) is 17.8. The molecule has 0 radical (unpaired) electrons. The number of halogens is 4. The molecule has 1 saturated heterocycles. The van der Waals surface area contributed by atoms with Gasteiger partial charge in [-0.3, -0.25) is 14.4 Å². The van der Waals surface area contributed by atoms with Crippen LogP contribution in [0.25, 0.3) is 11.0 Å². The summed E-state index contributed by atoms with van der Waals surface area (Å²) in [5.41, 5.74) is 2.83. The molecule has 0 bridgehead atoms. The second-order valence-corrected chi connectivity index (χ2v) is 13.1. The molecule has 0 spiro atoms. The molecule has 1 aliphatic heterocycles. The lowest BCUT2D eigenvalue weighted by Gasteiger charge is -2.31. The van der Waals surface area contributed by atoms with Crippen LogP contribution in [0.4, 0.5) is 13.2 Å². The Morgan fingerprint density at radius 1 is 0.979 bits per heavy atom. The topological polar surface area (TPSA) is 79.6 Å². The zero-order chi connectivity index (χ0) is 33.8. The van der Waals surface area contributed by atoms with Gasteiger partial charge in [0.15, 0.2) is 11.2 Å². The molecule has 48 heavy (non-hydrogen) atoms. The number of likely N-dealkylation sites (tertiary alicyclic amines) is 1. The zero-order valence-electron chi connectivity index (χ0n) is 26.3. The fourth-order valence-corrected chi connectivity index (χ4v) is 6.90. The van der Waals surface area contributed by atoms with Crippen molar-refractivity contribution in [2.24, 2.45) is 0 Å². The number of hydrogen-bond donors (Lipinski definition) is 1. The molecule has 1 N–H and O–H groups in total. The van der Waals surface area contributed by atoms with Gasteiger partial charge in [0.05, 0.1) is 17.0 Å². The number of rotatable bonds is 8. The zero-order valence-corrected chi connectivity index (χ0v) is 27.1. The van der Waals surface area contributed by atoms with Crippen molar-refractivity contribution in [2.45, 2.75) is 76.0 Å². The number of carbonyl (C=O) groups excluding carboxylic acids is 2. The minimum atomic E-state index is -4.62. The monoisotopic (exact) mass is 676 g/mol. The van der Waals surface area contributed by atoms with Crippen molar-refractivity contribution in [3.05, 3.63) is 128 Å². The highest BCUT2D eigenvalue weighted by Crippen LogP contribution is 2.38. The summed E-state index contributed by atoms with van der Waals surface area (Å²) in [6.45, 7) is 1.44. The molecule has 2 aliphatic rings. The van der Waals surface area contributed by atoms with Crippen molar-refractivity contribution in [1.82, 2.24) is 10.2 Å². The minimum Gasteiger partial charge on any atom is -0.451 e. The number of benzene rings is 3. The molecular weight excluding hydrogens is 641 g/mol. The Hall–Kier alpha value is -4.37. The fourth-order valence-electron chi connectivity index (χ4n) is 6.77. The molecule has 1 aliphatic carbocycles. The number of amides is 2. The average molecular weight is 677 g/mol. The molecule has 2 fully saturated rings. The summed E-state index contributed by atoms with van der Waals surface area (Å²) in [7, 11) is 0. The van der Waals surface area contributed by atoms with Crippen molar-refractivity contribution >= 4 is 34.4 Å². The second kappa shape index (κ2) is 14.4. The maximum Gasteiger partial charge on any atom is 0.416 e. The van der Waals surface area contributed by atoms with Gasteiger partial charge in [0, 0.05) is 30.6 Å². The van der Waals surface area contributed by atoms with E-state index in [-0.39, 0.29) is 22.6 Å². The first kappa shape index (κ1) is 33.5. The molecule has 250 valence electrons. The van der Waals surface area contributed by atoms with Gasteiger partial charge in [-0.15, -0.1) is 0 Å². The maximum absolute atomic E-state index is 13.4. The number of allylic oxidation sites excluding steroid dienone is 1. The number of piperidine rings is 1. The Labute approximate surface area is 281 Å². The Morgan fingerprint density at radius 3 is 2.46 bits per heavy atom. The third-order valence-corrected chi connectivity index (χ3v) is 9.56. The summed E-state index contributed by atoms with van der Waals surface area (Å²) < 4.78 is 45.2. The van der Waals surface area contributed by atoms with Crippen molar-refractivity contribution in [1.29, 1.82) is 0 Å². The van der Waals surface area contributed by atoms with Gasteiger partial charge in [-0.2, -0.15) is 13.2 Å². The van der Waals surface area contributed by atoms with E-state index in [1.165, 1.54) is 16.7 Å². The summed E-state index contributed by atoms with van der Waals surface area (Å²) in [5, 5.41) is 3.32. The van der Waals surface area contributed by atoms with E-state index >= 15 is 0 Å². The van der Waals surface area contributed by atoms with E-state index in [4.69, 9.17) is 16.0 Å². The van der Waals surface area contributed by atoms with Crippen molar-refractivity contribution in [3.8, 4) is 0 Å². The van der Waals surface area contributed by atoms with E-state index in [1.54, 1.807) is 12.1 Å². The molecule has 2 amide bonds. The number of carbonyl (C=O) groups is 2. The van der Waals surface area contributed by atoms with Gasteiger partial charge in [0.2, 0.25) is 5.91 Å². The van der Waals surface area contributed by atoms with Crippen molar-refractivity contribution in [2.75, 3.05) is 6.54 Å². The SMILES string of the molecule is O=C(N[C@@H](C=C1CCC(c2ccccc2CN2CCCCC2=O)CC1)Cc1ccc(Cl)cc1)c1cc(=O)c2cc(C(F)(F)F)ccc2o1. The highest BCUT2D eigenvalue weighted by molar-refractivity contribution is 6.30. The van der Waals surface area contributed by atoms with Crippen LogP contribution in [0, 0.1) is 0 Å². The van der Waals surface area contributed by atoms with Crippen LogP contribution in [0.15, 0.2) is 93.7 Å². The van der Waals surface area contributed by atoms with E-state index in [0.29, 0.717) is 30.3 Å². The van der Waals surface area contributed by atoms with Crippen LogP contribution in [0.1, 0.15) is 83.7 Å². The predicted octanol–water partition coefficient (Wildman–Crippen LogP) is 8.60. The lowest BCUT2D eigenvalue weighted by molar-refractivity contribution is -0.137. The number of nitrogens with zero attached hydrogens (tertiary/aromatic N) is 1. The van der Waals surface area contributed by atoms with Gasteiger partial charge in [0.25, 0.3) is 5.91 Å². The second-order valence-electron chi connectivity index (χ2n) is 12.7. The standard InChI is InChI=1S/C38H36ClF3N2O4/c39-29-15-10-25(11-16-29)20-30(43-37(47)35-22-33(45)32-21-28(38(40,41)42)14-17-34(32)48-35)19-24-8-12-26(13-9-24)31-6-2-1-5-27(31)23-44-18-4-3-7-36(44)46/h1-2,5-6,10-11,14-17,19,21-22,26,30H,3-4,7-9,12-13,18,20,23H2,(H,43,47)/t26?,30-/m0/s1. The van der Waals surface area contributed by atoms with Crippen LogP contribution in [-0.4, -0.2) is 29.3 Å². The number of alkyl halides is 3. The molecule has 4 aromatic rings. The van der Waals surface area contributed by atoms with Gasteiger partial charge in [-0.05, 0) is 97.9 Å².